The van der Waals surface area contributed by atoms with Crippen LogP contribution in [0.2, 0.25) is 0 Å². The first-order valence-corrected chi connectivity index (χ1v) is 31.0. The van der Waals surface area contributed by atoms with Gasteiger partial charge in [0.1, 0.15) is 23.3 Å². The monoisotopic (exact) mass is 1330 g/mol. The van der Waals surface area contributed by atoms with Crippen molar-refractivity contribution in [3.63, 3.8) is 0 Å². The molecule has 28 heteroatoms. The first kappa shape index (κ1) is 69.0. The molecule has 0 radical (unpaired) electrons. The minimum atomic E-state index is -2.60. The van der Waals surface area contributed by atoms with Gasteiger partial charge in [-0.25, -0.2) is 53.8 Å². The Bertz CT molecular complexity index is 3870. The molecule has 19 nitrogen and oxygen atoms in total. The first-order chi connectivity index (χ1) is 45.9. The topological polar surface area (TPSA) is 218 Å². The number of aromatic carboxylic acids is 2. The Kier molecular flexibility index (Phi) is 22.1. The quantitative estimate of drug-likeness (QED) is 0.0388. The molecule has 6 aromatic heterocycles. The van der Waals surface area contributed by atoms with Gasteiger partial charge in [0.05, 0.1) is 72.6 Å². The van der Waals surface area contributed by atoms with Gasteiger partial charge in [-0.3, -0.25) is 29.1 Å². The van der Waals surface area contributed by atoms with Crippen LogP contribution in [0.4, 0.5) is 62.5 Å². The summed E-state index contributed by atoms with van der Waals surface area (Å²) in [6.07, 6.45) is 13.3. The normalized spacial score (nSPS) is 16.1. The summed E-state index contributed by atoms with van der Waals surface area (Å²) in [5.41, 5.74) is 7.10. The maximum atomic E-state index is 13.5. The molecule has 0 saturated carbocycles. The summed E-state index contributed by atoms with van der Waals surface area (Å²) in [5, 5.41) is 38.8. The van der Waals surface area contributed by atoms with E-state index in [9.17, 15) is 64.1 Å². The Morgan fingerprint density at radius 3 is 1.36 bits per heavy atom. The van der Waals surface area contributed by atoms with Crippen molar-refractivity contribution < 1.29 is 64.1 Å². The van der Waals surface area contributed by atoms with E-state index in [0.717, 1.165) is 27.9 Å². The fourth-order valence-corrected chi connectivity index (χ4v) is 11.4. The zero-order valence-corrected chi connectivity index (χ0v) is 52.2. The van der Waals surface area contributed by atoms with E-state index in [1.807, 2.05) is 14.7 Å². The minimum Gasteiger partial charge on any atom is -0.478 e. The molecule has 0 aliphatic carbocycles. The van der Waals surface area contributed by atoms with Gasteiger partial charge in [0.15, 0.2) is 11.6 Å². The number of pyridine rings is 3. The number of halogens is 9. The number of aromatic nitrogens is 9. The third-order valence-electron chi connectivity index (χ3n) is 16.9. The van der Waals surface area contributed by atoms with Gasteiger partial charge in [0.2, 0.25) is 0 Å². The summed E-state index contributed by atoms with van der Waals surface area (Å²) < 4.78 is 126. The summed E-state index contributed by atoms with van der Waals surface area (Å²) >= 11 is 0. The van der Waals surface area contributed by atoms with Crippen LogP contribution in [0, 0.1) is 17.5 Å². The highest BCUT2D eigenvalue weighted by Crippen LogP contribution is 2.36. The van der Waals surface area contributed by atoms with Crippen LogP contribution in [0.5, 0.6) is 0 Å². The Hall–Kier alpha value is -9.80. The summed E-state index contributed by atoms with van der Waals surface area (Å²) in [6, 6.07) is 22.4. The molecular formula is C68H69F9N14O5. The van der Waals surface area contributed by atoms with Crippen molar-refractivity contribution in [3.8, 4) is 33.4 Å². The number of piperidine rings is 3. The highest BCUT2D eigenvalue weighted by molar-refractivity contribution is 6.00. The third-order valence-corrected chi connectivity index (χ3v) is 16.9. The number of hydrogen-bond donors (Lipinski definition) is 4. The molecule has 0 atom stereocenters. The molecule has 4 N–H and O–H groups in total. The van der Waals surface area contributed by atoms with E-state index in [1.54, 1.807) is 87.5 Å². The van der Waals surface area contributed by atoms with Crippen molar-refractivity contribution in [1.29, 1.82) is 0 Å². The van der Waals surface area contributed by atoms with Crippen LogP contribution >= 0.6 is 0 Å². The molecular weight excluding hydrogens is 1260 g/mol. The van der Waals surface area contributed by atoms with Gasteiger partial charge in [-0.05, 0) is 83.8 Å². The number of carbonyl (C=O) groups is 3. The summed E-state index contributed by atoms with van der Waals surface area (Å²) in [5.74, 6) is -10.1. The zero-order valence-electron chi connectivity index (χ0n) is 52.2. The second kappa shape index (κ2) is 30.7. The van der Waals surface area contributed by atoms with Gasteiger partial charge >= 0.3 is 11.9 Å². The standard InChI is InChI=1S/C23H24F3N5O.C23H23F3N4O2.C22H22F3N5O2/c1-16(32)19-6-9-27-15-21(19)29-22-20(17-2-4-18(24)5-3-17)14-28-31(22)13-12-30-10-7-23(25,26)8-11-30;24-18-3-1-16(2-4-18)20-15-28-30(12-11-29-9-6-23(25,26)7-10-29)21(20)13-17-14-27-8-5-19(17)22(31)32;23-16-3-1-15(2-4-16)18-14-30(12-11-29-9-6-22(24,25)7-10-29)28-20(18)27-19-13-26-8-5-17(19)21(31)32/h2-6,9,14-15,29H,7-8,10-13H2,1H3;1-5,8,14-15H,6-7,9-13H2,(H,31,32);1-5,8,13-14H,6-7,9-12H2,(H,27,28)(H,31,32). The molecule has 9 heterocycles. The molecule has 0 bridgehead atoms. The van der Waals surface area contributed by atoms with Gasteiger partial charge in [0, 0.05) is 157 Å². The molecule has 9 aromatic rings. The molecule has 96 heavy (non-hydrogen) atoms. The summed E-state index contributed by atoms with van der Waals surface area (Å²) in [7, 11) is 0. The number of carbonyl (C=O) groups excluding carboxylic acids is 1. The Morgan fingerprint density at radius 1 is 0.469 bits per heavy atom. The van der Waals surface area contributed by atoms with Crippen LogP contribution in [-0.4, -0.2) is 164 Å². The Labute approximate surface area is 546 Å². The highest BCUT2D eigenvalue weighted by Gasteiger charge is 2.36. The number of ketones is 1. The van der Waals surface area contributed by atoms with Crippen molar-refractivity contribution in [1.82, 2.24) is 59.0 Å². The zero-order chi connectivity index (χ0) is 68.2. The van der Waals surface area contributed by atoms with Crippen LogP contribution in [0.1, 0.15) is 87.8 Å². The number of hydrogen-bond acceptors (Lipinski definition) is 14. The number of nitrogens with one attached hydrogen (secondary N) is 2. The molecule has 12 rings (SSSR count). The highest BCUT2D eigenvalue weighted by atomic mass is 19.3. The van der Waals surface area contributed by atoms with E-state index in [0.29, 0.717) is 118 Å². The number of likely N-dealkylation sites (tertiary alicyclic amines) is 3. The summed E-state index contributed by atoms with van der Waals surface area (Å²) in [6.45, 7) is 6.46. The second-order valence-corrected chi connectivity index (χ2v) is 23.6. The van der Waals surface area contributed by atoms with E-state index < -0.39 is 29.7 Å². The molecule has 3 fully saturated rings. The maximum absolute atomic E-state index is 13.5. The van der Waals surface area contributed by atoms with Gasteiger partial charge in [0.25, 0.3) is 17.8 Å². The number of anilines is 4. The van der Waals surface area contributed by atoms with Crippen molar-refractivity contribution in [2.75, 3.05) is 69.5 Å². The van der Waals surface area contributed by atoms with Crippen molar-refractivity contribution in [3.05, 3.63) is 192 Å². The fourth-order valence-electron chi connectivity index (χ4n) is 11.4. The van der Waals surface area contributed by atoms with Crippen LogP contribution in [0.3, 0.4) is 0 Å². The molecule has 504 valence electrons. The maximum Gasteiger partial charge on any atom is 0.337 e. The molecule has 3 aromatic carbocycles. The van der Waals surface area contributed by atoms with Crippen LogP contribution in [-0.2, 0) is 26.1 Å². The van der Waals surface area contributed by atoms with Gasteiger partial charge in [-0.1, -0.05) is 36.4 Å². The average molecular weight is 1330 g/mol. The van der Waals surface area contributed by atoms with E-state index in [4.69, 9.17) is 0 Å². The fraction of sp³-hybridized carbons (Fsp3) is 0.338. The number of rotatable bonds is 21. The van der Waals surface area contributed by atoms with E-state index in [1.165, 1.54) is 80.2 Å². The predicted octanol–water partition coefficient (Wildman–Crippen LogP) is 13.1. The van der Waals surface area contributed by atoms with E-state index in [-0.39, 0.29) is 85.0 Å². The average Bonchev–Trinajstić information content (AvgIpc) is 1.65. The van der Waals surface area contributed by atoms with Crippen molar-refractivity contribution in [2.24, 2.45) is 0 Å². The molecule has 3 aliphatic heterocycles. The predicted molar refractivity (Wildman–Crippen MR) is 341 cm³/mol. The van der Waals surface area contributed by atoms with Gasteiger partial charge < -0.3 is 35.5 Å². The van der Waals surface area contributed by atoms with E-state index in [2.05, 4.69) is 40.9 Å². The lowest BCUT2D eigenvalue weighted by atomic mass is 9.99. The third kappa shape index (κ3) is 18.4. The lowest BCUT2D eigenvalue weighted by Gasteiger charge is -2.31. The lowest BCUT2D eigenvalue weighted by molar-refractivity contribution is -0.0561. The largest absolute Gasteiger partial charge is 0.478 e. The molecule has 3 saturated heterocycles. The number of carboxylic acids is 2. The Balaban J connectivity index is 0.000000157. The van der Waals surface area contributed by atoms with Crippen LogP contribution in [0.25, 0.3) is 33.4 Å². The van der Waals surface area contributed by atoms with Crippen LogP contribution in [0.15, 0.2) is 147 Å². The second-order valence-electron chi connectivity index (χ2n) is 23.6. The number of alkyl halides is 6. The van der Waals surface area contributed by atoms with Crippen LogP contribution < -0.4 is 10.6 Å². The number of benzene rings is 3. The molecule has 0 amide bonds. The minimum absolute atomic E-state index is 0.0360. The van der Waals surface area contributed by atoms with Crippen molar-refractivity contribution >= 4 is 40.7 Å². The smallest absolute Gasteiger partial charge is 0.337 e. The number of Topliss-reactive ketones (excluding diaryl/α,β-unsaturated/α-hetero) is 1. The van der Waals surface area contributed by atoms with Gasteiger partial charge in [-0.2, -0.15) is 15.3 Å². The molecule has 3 aliphatic rings. The molecule has 0 spiro atoms. The molecule has 0 unspecified atom stereocenters. The van der Waals surface area contributed by atoms with Crippen molar-refractivity contribution in [2.45, 2.75) is 89.3 Å². The summed E-state index contributed by atoms with van der Waals surface area (Å²) in [4.78, 5) is 53.3. The SMILES string of the molecule is CC(=O)c1ccncc1Nc1c(-c2ccc(F)cc2)cnn1CCN1CCC(F)(F)CC1.O=C(O)c1ccncc1Cc1c(-c2ccc(F)cc2)cnn1CCN1CCC(F)(F)CC1.O=C(O)c1ccncc1Nc1nn(CCN2CCC(F)(F)CC2)cc1-c1ccc(F)cc1. The van der Waals surface area contributed by atoms with Gasteiger partial charge in [-0.15, -0.1) is 0 Å². The Morgan fingerprint density at radius 2 is 0.875 bits per heavy atom. The van der Waals surface area contributed by atoms with E-state index >= 15 is 0 Å². The number of nitrogens with zero attached hydrogens (tertiary/aromatic N) is 12. The first-order valence-electron chi connectivity index (χ1n) is 31.0. The number of carboxylic acid groups (broad SMARTS) is 2. The lowest BCUT2D eigenvalue weighted by Crippen LogP contribution is -2.40.